The Morgan fingerprint density at radius 3 is 2.76 bits per heavy atom. The first-order chi connectivity index (χ1) is 7.91. The molecule has 2 rings (SSSR count). The number of carbonyl (C=O) groups excluding carboxylic acids is 1. The van der Waals surface area contributed by atoms with Gasteiger partial charge in [-0.2, -0.15) is 0 Å². The van der Waals surface area contributed by atoms with Crippen LogP contribution in [0.2, 0.25) is 0 Å². The van der Waals surface area contributed by atoms with Crippen LogP contribution < -0.4 is 0 Å². The van der Waals surface area contributed by atoms with Crippen LogP contribution in [0.5, 0.6) is 0 Å². The molecule has 1 aromatic rings. The quantitative estimate of drug-likeness (QED) is 0.759. The molecule has 94 valence electrons. The molecule has 0 N–H and O–H groups in total. The van der Waals surface area contributed by atoms with E-state index in [-0.39, 0.29) is 29.1 Å². The molecule has 7 heteroatoms. The van der Waals surface area contributed by atoms with Crippen LogP contribution in [0, 0.1) is 6.92 Å². The molecule has 1 amide bonds. The van der Waals surface area contributed by atoms with Gasteiger partial charge in [-0.15, -0.1) is 0 Å². The molecule has 1 aliphatic heterocycles. The second kappa shape index (κ2) is 4.14. The van der Waals surface area contributed by atoms with Crippen LogP contribution in [0.25, 0.3) is 0 Å². The molecule has 2 heterocycles. The molecule has 6 nitrogen and oxygen atoms in total. The lowest BCUT2D eigenvalue weighted by Gasteiger charge is -2.22. The number of aromatic nitrogens is 1. The van der Waals surface area contributed by atoms with Crippen LogP contribution in [-0.4, -0.2) is 49.0 Å². The summed E-state index contributed by atoms with van der Waals surface area (Å²) >= 11 is 0. The first-order valence-corrected chi connectivity index (χ1v) is 7.11. The molecule has 1 unspecified atom stereocenters. The van der Waals surface area contributed by atoms with Crippen molar-refractivity contribution in [1.82, 2.24) is 10.1 Å². The molecule has 1 aliphatic rings. The van der Waals surface area contributed by atoms with Crippen molar-refractivity contribution in [2.24, 2.45) is 0 Å². The normalized spacial score (nSPS) is 22.6. The molecular weight excluding hydrogens is 244 g/mol. The van der Waals surface area contributed by atoms with Crippen molar-refractivity contribution in [2.45, 2.75) is 19.4 Å². The Kier molecular flexibility index (Phi) is 2.94. The van der Waals surface area contributed by atoms with Gasteiger partial charge in [-0.3, -0.25) is 4.79 Å². The maximum absolute atomic E-state index is 12.0. The highest BCUT2D eigenvalue weighted by Crippen LogP contribution is 2.19. The van der Waals surface area contributed by atoms with Gasteiger partial charge < -0.3 is 9.42 Å². The van der Waals surface area contributed by atoms with Crippen molar-refractivity contribution in [3.8, 4) is 0 Å². The SMILES string of the molecule is Cc1conc1C(=O)N(C)C1CCS(=O)(=O)C1. The maximum atomic E-state index is 12.0. The number of aryl methyl sites for hydroxylation is 1. The smallest absolute Gasteiger partial charge is 0.276 e. The third-order valence-electron chi connectivity index (χ3n) is 3.03. The van der Waals surface area contributed by atoms with E-state index in [0.29, 0.717) is 12.0 Å². The summed E-state index contributed by atoms with van der Waals surface area (Å²) in [6.45, 7) is 1.73. The molecule has 0 radical (unpaired) electrons. The van der Waals surface area contributed by atoms with Gasteiger partial charge in [0.15, 0.2) is 15.5 Å². The third-order valence-corrected chi connectivity index (χ3v) is 4.78. The predicted octanol–water partition coefficient (Wildman–Crippen LogP) is 0.242. The summed E-state index contributed by atoms with van der Waals surface area (Å²) in [5.74, 6) is -0.113. The summed E-state index contributed by atoms with van der Waals surface area (Å²) in [6, 6.07) is -0.261. The van der Waals surface area contributed by atoms with Gasteiger partial charge in [-0.05, 0) is 13.3 Å². The number of amides is 1. The van der Waals surface area contributed by atoms with Crippen LogP contribution >= 0.6 is 0 Å². The van der Waals surface area contributed by atoms with Crippen LogP contribution in [0.3, 0.4) is 0 Å². The Hall–Kier alpha value is -1.37. The van der Waals surface area contributed by atoms with Crippen molar-refractivity contribution >= 4 is 15.7 Å². The van der Waals surface area contributed by atoms with E-state index in [1.165, 1.54) is 11.2 Å². The second-order valence-corrected chi connectivity index (χ2v) is 6.55. The Morgan fingerprint density at radius 1 is 1.59 bits per heavy atom. The van der Waals surface area contributed by atoms with Gasteiger partial charge in [-0.1, -0.05) is 5.16 Å². The van der Waals surface area contributed by atoms with Gasteiger partial charge in [-0.25, -0.2) is 8.42 Å². The van der Waals surface area contributed by atoms with E-state index in [0.717, 1.165) is 0 Å². The van der Waals surface area contributed by atoms with Gasteiger partial charge in [0.25, 0.3) is 5.91 Å². The molecule has 0 aliphatic carbocycles. The van der Waals surface area contributed by atoms with E-state index in [4.69, 9.17) is 4.52 Å². The third kappa shape index (κ3) is 2.33. The molecular formula is C10H14N2O4S. The summed E-state index contributed by atoms with van der Waals surface area (Å²) < 4.78 is 27.4. The molecule has 1 atom stereocenters. The van der Waals surface area contributed by atoms with Crippen molar-refractivity contribution in [3.05, 3.63) is 17.5 Å². The van der Waals surface area contributed by atoms with Crippen molar-refractivity contribution in [2.75, 3.05) is 18.6 Å². The Morgan fingerprint density at radius 2 is 2.29 bits per heavy atom. The lowest BCUT2D eigenvalue weighted by Crippen LogP contribution is -2.38. The lowest BCUT2D eigenvalue weighted by molar-refractivity contribution is 0.0736. The molecule has 0 bridgehead atoms. The van der Waals surface area contributed by atoms with Crippen LogP contribution in [-0.2, 0) is 9.84 Å². The van der Waals surface area contributed by atoms with E-state index in [9.17, 15) is 13.2 Å². The minimum atomic E-state index is -2.99. The maximum Gasteiger partial charge on any atom is 0.276 e. The number of sulfone groups is 1. The molecule has 1 fully saturated rings. The highest BCUT2D eigenvalue weighted by Gasteiger charge is 2.34. The number of nitrogens with zero attached hydrogens (tertiary/aromatic N) is 2. The zero-order chi connectivity index (χ0) is 12.6. The number of hydrogen-bond acceptors (Lipinski definition) is 5. The highest BCUT2D eigenvalue weighted by atomic mass is 32.2. The van der Waals surface area contributed by atoms with Crippen LogP contribution in [0.4, 0.5) is 0 Å². The van der Waals surface area contributed by atoms with Gasteiger partial charge in [0, 0.05) is 18.7 Å². The van der Waals surface area contributed by atoms with Crippen molar-refractivity contribution < 1.29 is 17.7 Å². The second-order valence-electron chi connectivity index (χ2n) is 4.32. The Bertz CT molecular complexity index is 534. The molecule has 17 heavy (non-hydrogen) atoms. The fraction of sp³-hybridized carbons (Fsp3) is 0.600. The standard InChI is InChI=1S/C10H14N2O4S/c1-7-5-16-11-9(7)10(13)12(2)8-3-4-17(14,15)6-8/h5,8H,3-4,6H2,1-2H3. The van der Waals surface area contributed by atoms with Gasteiger partial charge in [0.2, 0.25) is 0 Å². The summed E-state index contributed by atoms with van der Waals surface area (Å²) in [5.41, 5.74) is 0.902. The monoisotopic (exact) mass is 258 g/mol. The van der Waals surface area contributed by atoms with E-state index < -0.39 is 9.84 Å². The van der Waals surface area contributed by atoms with Crippen molar-refractivity contribution in [1.29, 1.82) is 0 Å². The molecule has 1 saturated heterocycles. The van der Waals surface area contributed by atoms with Crippen molar-refractivity contribution in [3.63, 3.8) is 0 Å². The first-order valence-electron chi connectivity index (χ1n) is 5.29. The number of carbonyl (C=O) groups is 1. The van der Waals surface area contributed by atoms with E-state index in [1.807, 2.05) is 0 Å². The van der Waals surface area contributed by atoms with Gasteiger partial charge in [0.1, 0.15) is 6.26 Å². The van der Waals surface area contributed by atoms with E-state index >= 15 is 0 Å². The molecule has 0 spiro atoms. The Balaban J connectivity index is 2.14. The highest BCUT2D eigenvalue weighted by molar-refractivity contribution is 7.91. The Labute approximate surface area is 99.5 Å². The number of hydrogen-bond donors (Lipinski definition) is 0. The minimum absolute atomic E-state index is 0.0339. The largest absolute Gasteiger partial charge is 0.364 e. The number of rotatable bonds is 2. The van der Waals surface area contributed by atoms with Crippen LogP contribution in [0.1, 0.15) is 22.5 Å². The summed E-state index contributed by atoms with van der Waals surface area (Å²) in [4.78, 5) is 13.5. The minimum Gasteiger partial charge on any atom is -0.364 e. The first kappa shape index (κ1) is 12.1. The predicted molar refractivity (Wildman–Crippen MR) is 60.4 cm³/mol. The summed E-state index contributed by atoms with van der Waals surface area (Å²) in [5, 5.41) is 3.63. The fourth-order valence-corrected chi connectivity index (χ4v) is 3.68. The van der Waals surface area contributed by atoms with E-state index in [2.05, 4.69) is 5.16 Å². The van der Waals surface area contributed by atoms with Gasteiger partial charge >= 0.3 is 0 Å². The zero-order valence-electron chi connectivity index (χ0n) is 9.71. The summed E-state index contributed by atoms with van der Waals surface area (Å²) in [6.07, 6.45) is 1.88. The molecule has 1 aromatic heterocycles. The molecule has 0 aromatic carbocycles. The van der Waals surface area contributed by atoms with Gasteiger partial charge in [0.05, 0.1) is 11.5 Å². The molecule has 0 saturated carbocycles. The zero-order valence-corrected chi connectivity index (χ0v) is 10.5. The summed E-state index contributed by atoms with van der Waals surface area (Å²) in [7, 11) is -1.39. The average molecular weight is 258 g/mol. The van der Waals surface area contributed by atoms with Crippen LogP contribution in [0.15, 0.2) is 10.8 Å². The lowest BCUT2D eigenvalue weighted by atomic mass is 10.2. The fourth-order valence-electron chi connectivity index (χ4n) is 1.91. The average Bonchev–Trinajstić information content (AvgIpc) is 2.82. The topological polar surface area (TPSA) is 80.5 Å². The van der Waals surface area contributed by atoms with E-state index in [1.54, 1.807) is 14.0 Å².